The van der Waals surface area contributed by atoms with Gasteiger partial charge in [-0.1, -0.05) is 49.2 Å². The first-order valence-electron chi connectivity index (χ1n) is 10.4. The van der Waals surface area contributed by atoms with Gasteiger partial charge in [0.15, 0.2) is 5.65 Å². The summed E-state index contributed by atoms with van der Waals surface area (Å²) in [6, 6.07) is 7.20. The number of hydrogen-bond acceptors (Lipinski definition) is 4. The normalized spacial score (nSPS) is 18.7. The molecule has 3 aromatic rings. The number of alkyl halides is 1. The highest BCUT2D eigenvalue weighted by molar-refractivity contribution is 6.37. The average Bonchev–Trinajstić information content (AvgIpc) is 3.09. The van der Waals surface area contributed by atoms with Crippen LogP contribution in [0.5, 0.6) is 5.75 Å². The molecule has 0 fully saturated rings. The highest BCUT2D eigenvalue weighted by Crippen LogP contribution is 2.37. The zero-order chi connectivity index (χ0) is 23.0. The van der Waals surface area contributed by atoms with Crippen LogP contribution in [0.3, 0.4) is 0 Å². The van der Waals surface area contributed by atoms with Gasteiger partial charge in [-0.3, -0.25) is 4.79 Å². The molecule has 1 aliphatic carbocycles. The number of fused-ring (bicyclic) bond motifs is 1. The molecule has 0 saturated carbocycles. The Morgan fingerprint density at radius 2 is 1.94 bits per heavy atom. The Kier molecular flexibility index (Phi) is 6.65. The lowest BCUT2D eigenvalue weighted by Gasteiger charge is -2.24. The van der Waals surface area contributed by atoms with Crippen molar-refractivity contribution in [3.05, 3.63) is 73.9 Å². The Morgan fingerprint density at radius 1 is 1.22 bits per heavy atom. The second-order valence-electron chi connectivity index (χ2n) is 7.92. The van der Waals surface area contributed by atoms with E-state index >= 15 is 0 Å². The van der Waals surface area contributed by atoms with Gasteiger partial charge < -0.3 is 9.72 Å². The van der Waals surface area contributed by atoms with Gasteiger partial charge in [0.25, 0.3) is 5.56 Å². The van der Waals surface area contributed by atoms with E-state index in [1.165, 1.54) is 0 Å². The third kappa shape index (κ3) is 4.45. The fourth-order valence-electron chi connectivity index (χ4n) is 3.77. The molecule has 0 bridgehead atoms. The predicted molar refractivity (Wildman–Crippen MR) is 129 cm³/mol. The number of nitrogens with zero attached hydrogens (tertiary/aromatic N) is 3. The SMILES string of the molecule is CCOc1ccc(Cc2nc3c(c(C(C)C)nn3C3C(Cl)=CC(Cl)=CC3Cl)c(=O)[nH]2)cc1. The van der Waals surface area contributed by atoms with Crippen LogP contribution < -0.4 is 10.3 Å². The van der Waals surface area contributed by atoms with Crippen molar-refractivity contribution in [1.29, 1.82) is 0 Å². The first kappa shape index (κ1) is 22.9. The van der Waals surface area contributed by atoms with Crippen molar-refractivity contribution in [1.82, 2.24) is 19.7 Å². The van der Waals surface area contributed by atoms with Crippen molar-refractivity contribution in [3.8, 4) is 5.75 Å². The first-order chi connectivity index (χ1) is 15.3. The van der Waals surface area contributed by atoms with Gasteiger partial charge in [0.1, 0.15) is 23.0 Å². The van der Waals surface area contributed by atoms with Crippen molar-refractivity contribution in [2.24, 2.45) is 0 Å². The summed E-state index contributed by atoms with van der Waals surface area (Å²) >= 11 is 19.2. The molecule has 2 unspecified atom stereocenters. The summed E-state index contributed by atoms with van der Waals surface area (Å²) in [6.07, 6.45) is 3.80. The number of benzene rings is 1. The predicted octanol–water partition coefficient (Wildman–Crippen LogP) is 5.64. The Morgan fingerprint density at radius 3 is 2.56 bits per heavy atom. The van der Waals surface area contributed by atoms with E-state index in [4.69, 9.17) is 49.6 Å². The van der Waals surface area contributed by atoms with E-state index in [0.717, 1.165) is 11.3 Å². The number of aromatic nitrogens is 4. The zero-order valence-electron chi connectivity index (χ0n) is 17.9. The van der Waals surface area contributed by atoms with Crippen LogP contribution in [0.1, 0.15) is 49.8 Å². The molecular formula is C23H23Cl3N4O2. The van der Waals surface area contributed by atoms with Crippen LogP contribution in [0.15, 0.2) is 51.3 Å². The van der Waals surface area contributed by atoms with Gasteiger partial charge in [-0.05, 0) is 42.7 Å². The van der Waals surface area contributed by atoms with Crippen LogP contribution in [0.2, 0.25) is 0 Å². The van der Waals surface area contributed by atoms with Crippen LogP contribution in [-0.4, -0.2) is 31.7 Å². The maximum Gasteiger partial charge on any atom is 0.262 e. The molecule has 32 heavy (non-hydrogen) atoms. The quantitative estimate of drug-likeness (QED) is 0.451. The number of nitrogens with one attached hydrogen (secondary N) is 1. The van der Waals surface area contributed by atoms with Gasteiger partial charge in [-0.2, -0.15) is 5.10 Å². The fraction of sp³-hybridized carbons (Fsp3) is 0.348. The van der Waals surface area contributed by atoms with Crippen LogP contribution in [-0.2, 0) is 6.42 Å². The molecule has 2 heterocycles. The molecule has 2 atom stereocenters. The van der Waals surface area contributed by atoms with Gasteiger partial charge in [-0.15, -0.1) is 11.6 Å². The maximum atomic E-state index is 13.1. The van der Waals surface area contributed by atoms with E-state index in [2.05, 4.69) is 4.98 Å². The third-order valence-corrected chi connectivity index (χ3v) is 6.17. The van der Waals surface area contributed by atoms with Gasteiger partial charge in [0.05, 0.1) is 17.7 Å². The summed E-state index contributed by atoms with van der Waals surface area (Å²) in [7, 11) is 0. The first-order valence-corrected chi connectivity index (χ1v) is 11.6. The molecule has 2 aromatic heterocycles. The van der Waals surface area contributed by atoms with Crippen LogP contribution in [0.4, 0.5) is 0 Å². The lowest BCUT2D eigenvalue weighted by Crippen LogP contribution is -2.23. The van der Waals surface area contributed by atoms with Crippen molar-refractivity contribution in [2.75, 3.05) is 6.61 Å². The lowest BCUT2D eigenvalue weighted by atomic mass is 10.1. The smallest absolute Gasteiger partial charge is 0.262 e. The third-order valence-electron chi connectivity index (χ3n) is 5.23. The summed E-state index contributed by atoms with van der Waals surface area (Å²) < 4.78 is 7.14. The molecule has 0 spiro atoms. The van der Waals surface area contributed by atoms with E-state index < -0.39 is 11.4 Å². The number of hydrogen-bond donors (Lipinski definition) is 1. The number of allylic oxidation sites excluding steroid dienone is 4. The van der Waals surface area contributed by atoms with Crippen molar-refractivity contribution < 1.29 is 4.74 Å². The number of H-pyrrole nitrogens is 1. The average molecular weight is 494 g/mol. The second kappa shape index (κ2) is 9.30. The maximum absolute atomic E-state index is 13.1. The van der Waals surface area contributed by atoms with E-state index in [1.54, 1.807) is 16.8 Å². The minimum Gasteiger partial charge on any atom is -0.494 e. The molecule has 4 rings (SSSR count). The van der Waals surface area contributed by atoms with Gasteiger partial charge in [0, 0.05) is 16.5 Å². The van der Waals surface area contributed by atoms with Gasteiger partial charge >= 0.3 is 0 Å². The highest BCUT2D eigenvalue weighted by atomic mass is 35.5. The molecule has 168 valence electrons. The molecule has 6 nitrogen and oxygen atoms in total. The monoisotopic (exact) mass is 492 g/mol. The molecule has 0 saturated heterocycles. The van der Waals surface area contributed by atoms with Crippen molar-refractivity contribution in [3.63, 3.8) is 0 Å². The Bertz CT molecular complexity index is 1260. The Balaban J connectivity index is 1.80. The van der Waals surface area contributed by atoms with Crippen LogP contribution in [0, 0.1) is 0 Å². The molecule has 1 N–H and O–H groups in total. The fourth-order valence-corrected chi connectivity index (χ4v) is 4.94. The Hall–Kier alpha value is -2.28. The minimum atomic E-state index is -0.529. The molecule has 0 amide bonds. The lowest BCUT2D eigenvalue weighted by molar-refractivity contribution is 0.340. The summed E-state index contributed by atoms with van der Waals surface area (Å²) in [5.74, 6) is 1.34. The van der Waals surface area contributed by atoms with E-state index in [-0.39, 0.29) is 11.5 Å². The number of aromatic amines is 1. The largest absolute Gasteiger partial charge is 0.494 e. The summed E-state index contributed by atoms with van der Waals surface area (Å²) in [4.78, 5) is 20.8. The molecule has 0 aliphatic heterocycles. The van der Waals surface area contributed by atoms with E-state index in [9.17, 15) is 4.79 Å². The highest BCUT2D eigenvalue weighted by Gasteiger charge is 2.31. The van der Waals surface area contributed by atoms with Gasteiger partial charge in [0.2, 0.25) is 0 Å². The number of rotatable bonds is 6. The van der Waals surface area contributed by atoms with Crippen molar-refractivity contribution >= 4 is 45.8 Å². The summed E-state index contributed by atoms with van der Waals surface area (Å²) in [5.41, 5.74) is 1.86. The minimum absolute atomic E-state index is 0.0119. The van der Waals surface area contributed by atoms with E-state index in [1.807, 2.05) is 45.0 Å². The zero-order valence-corrected chi connectivity index (χ0v) is 20.2. The van der Waals surface area contributed by atoms with Crippen LogP contribution in [0.25, 0.3) is 11.0 Å². The summed E-state index contributed by atoms with van der Waals surface area (Å²) in [6.45, 7) is 6.50. The van der Waals surface area contributed by atoms with Crippen molar-refractivity contribution in [2.45, 2.75) is 44.5 Å². The van der Waals surface area contributed by atoms with E-state index in [0.29, 0.717) is 45.6 Å². The molecule has 9 heteroatoms. The topological polar surface area (TPSA) is 72.8 Å². The van der Waals surface area contributed by atoms with Crippen LogP contribution >= 0.6 is 34.8 Å². The number of ether oxygens (including phenoxy) is 1. The molecule has 1 aliphatic rings. The second-order valence-corrected chi connectivity index (χ2v) is 9.30. The molecule has 0 radical (unpaired) electrons. The molecular weight excluding hydrogens is 471 g/mol. The Labute approximate surface area is 200 Å². The molecule has 1 aromatic carbocycles. The summed E-state index contributed by atoms with van der Waals surface area (Å²) in [5, 5.41) is 5.54. The number of halogens is 3. The van der Waals surface area contributed by atoms with Gasteiger partial charge in [-0.25, -0.2) is 9.67 Å². The standard InChI is InChI=1S/C23H23Cl3N4O2/c1-4-32-15-7-5-13(6-8-15)9-18-27-22-19(23(31)28-18)20(12(2)3)29-30(22)21-16(25)10-14(24)11-17(21)26/h5-8,10-12,16,21H,4,9H2,1-3H3,(H,27,28,31).